The maximum atomic E-state index is 11.1. The minimum Gasteiger partial charge on any atom is -0.427 e. The number of unbranched alkanes of at least 4 members (excludes halogenated alkanes) is 20. The minimum absolute atomic E-state index is 0.0659. The van der Waals surface area contributed by atoms with E-state index in [2.05, 4.69) is 104 Å². The molecule has 3 aliphatic rings. The number of benzene rings is 3. The van der Waals surface area contributed by atoms with Crippen molar-refractivity contribution in [2.45, 2.75) is 296 Å². The largest absolute Gasteiger partial charge is 0.494 e. The van der Waals surface area contributed by atoms with Gasteiger partial charge >= 0.3 is 14.6 Å². The Labute approximate surface area is 431 Å². The SMILES string of the molecule is CCCCCCCCC1(CCCCCCCC)c2cc(BOC(C)(C)C(C)(C)O)ccc2-c2cc3c(cc21)-c1ccc(B2OC(C)(C)C(C)(C)O2)cc1C3(CCCCCCCC)CCCCCCCC. The highest BCUT2D eigenvalue weighted by molar-refractivity contribution is 6.62. The zero-order valence-electron chi connectivity index (χ0n) is 47.4. The van der Waals surface area contributed by atoms with Crippen LogP contribution in [-0.4, -0.2) is 42.1 Å². The Morgan fingerprint density at radius 1 is 0.457 bits per heavy atom. The van der Waals surface area contributed by atoms with Gasteiger partial charge in [0, 0.05) is 10.8 Å². The maximum absolute atomic E-state index is 11.1. The summed E-state index contributed by atoms with van der Waals surface area (Å²) in [6, 6.07) is 20.3. The summed E-state index contributed by atoms with van der Waals surface area (Å²) in [6.07, 6.45) is 36.0. The molecular weight excluding hydrogens is 854 g/mol. The quantitative estimate of drug-likeness (QED) is 0.0488. The molecule has 0 unspecified atom stereocenters. The lowest BCUT2D eigenvalue weighted by molar-refractivity contribution is -0.0893. The lowest BCUT2D eigenvalue weighted by Crippen LogP contribution is -2.49. The molecule has 0 bridgehead atoms. The Hall–Kier alpha value is -2.37. The van der Waals surface area contributed by atoms with Crippen molar-refractivity contribution in [3.63, 3.8) is 0 Å². The monoisotopic (exact) mass is 957 g/mol. The molecule has 0 atom stereocenters. The average molecular weight is 957 g/mol. The molecule has 0 saturated carbocycles. The predicted octanol–water partition coefficient (Wildman–Crippen LogP) is 17.1. The number of aliphatic hydroxyl groups is 1. The number of fused-ring (bicyclic) bond motifs is 6. The third-order valence-electron chi connectivity index (χ3n) is 18.4. The Morgan fingerprint density at radius 2 is 0.800 bits per heavy atom. The van der Waals surface area contributed by atoms with Gasteiger partial charge in [-0.2, -0.15) is 0 Å². The Bertz CT molecular complexity index is 2040. The summed E-state index contributed by atoms with van der Waals surface area (Å²) >= 11 is 0. The highest BCUT2D eigenvalue weighted by Gasteiger charge is 2.53. The first-order chi connectivity index (χ1) is 33.4. The molecule has 3 aromatic carbocycles. The van der Waals surface area contributed by atoms with Gasteiger partial charge in [0.1, 0.15) is 0 Å². The van der Waals surface area contributed by atoms with Crippen LogP contribution in [0.15, 0.2) is 48.5 Å². The second kappa shape index (κ2) is 25.2. The Morgan fingerprint density at radius 3 is 1.19 bits per heavy atom. The first kappa shape index (κ1) is 56.9. The van der Waals surface area contributed by atoms with Crippen molar-refractivity contribution in [1.29, 1.82) is 0 Å². The Balaban J connectivity index is 1.53. The zero-order valence-corrected chi connectivity index (χ0v) is 47.4. The lowest BCUT2D eigenvalue weighted by Gasteiger charge is -2.38. The van der Waals surface area contributed by atoms with Gasteiger partial charge in [0.15, 0.2) is 0 Å². The molecule has 6 heteroatoms. The van der Waals surface area contributed by atoms with E-state index in [1.54, 1.807) is 11.1 Å². The molecule has 3 aromatic rings. The van der Waals surface area contributed by atoms with Crippen molar-refractivity contribution in [3.8, 4) is 22.3 Å². The maximum Gasteiger partial charge on any atom is 0.494 e. The highest BCUT2D eigenvalue weighted by Crippen LogP contribution is 2.61. The fraction of sp³-hybridized carbons (Fsp3) is 0.719. The minimum atomic E-state index is -0.960. The van der Waals surface area contributed by atoms with E-state index in [0.717, 1.165) is 0 Å². The molecule has 1 heterocycles. The van der Waals surface area contributed by atoms with Crippen molar-refractivity contribution < 1.29 is 19.1 Å². The van der Waals surface area contributed by atoms with Crippen molar-refractivity contribution >= 4 is 25.5 Å². The summed E-state index contributed by atoms with van der Waals surface area (Å²) in [5.74, 6) is 0. The third kappa shape index (κ3) is 12.9. The van der Waals surface area contributed by atoms with Crippen LogP contribution in [0.1, 0.15) is 285 Å². The van der Waals surface area contributed by atoms with Gasteiger partial charge in [-0.3, -0.25) is 0 Å². The highest BCUT2D eigenvalue weighted by atomic mass is 16.7. The van der Waals surface area contributed by atoms with E-state index in [-0.39, 0.29) is 17.9 Å². The predicted molar refractivity (Wildman–Crippen MR) is 305 cm³/mol. The lowest BCUT2D eigenvalue weighted by atomic mass is 9.67. The van der Waals surface area contributed by atoms with E-state index in [1.807, 2.05) is 27.7 Å². The van der Waals surface area contributed by atoms with Crippen LogP contribution >= 0.6 is 0 Å². The zero-order chi connectivity index (χ0) is 50.6. The van der Waals surface area contributed by atoms with Crippen LogP contribution in [0.5, 0.6) is 0 Å². The fourth-order valence-corrected chi connectivity index (χ4v) is 12.4. The smallest absolute Gasteiger partial charge is 0.427 e. The normalized spacial score (nSPS) is 17.2. The molecule has 4 nitrogen and oxygen atoms in total. The van der Waals surface area contributed by atoms with Gasteiger partial charge in [-0.1, -0.05) is 224 Å². The topological polar surface area (TPSA) is 47.9 Å². The number of hydrogen-bond acceptors (Lipinski definition) is 4. The van der Waals surface area contributed by atoms with Gasteiger partial charge in [0.2, 0.25) is 0 Å². The first-order valence-corrected chi connectivity index (χ1v) is 29.6. The van der Waals surface area contributed by atoms with E-state index in [1.165, 1.54) is 224 Å². The van der Waals surface area contributed by atoms with E-state index in [9.17, 15) is 5.11 Å². The van der Waals surface area contributed by atoms with Crippen molar-refractivity contribution in [1.82, 2.24) is 0 Å². The van der Waals surface area contributed by atoms with Crippen LogP contribution in [0.2, 0.25) is 0 Å². The van der Waals surface area contributed by atoms with E-state index in [0.29, 0.717) is 7.48 Å². The van der Waals surface area contributed by atoms with E-state index in [4.69, 9.17) is 14.0 Å². The second-order valence-corrected chi connectivity index (χ2v) is 24.8. The molecule has 70 heavy (non-hydrogen) atoms. The van der Waals surface area contributed by atoms with Crippen LogP contribution in [0.25, 0.3) is 22.3 Å². The molecule has 6 rings (SSSR count). The molecule has 0 amide bonds. The van der Waals surface area contributed by atoms with Gasteiger partial charge in [-0.15, -0.1) is 0 Å². The summed E-state index contributed by atoms with van der Waals surface area (Å²) in [7, 11) is 0.102. The van der Waals surface area contributed by atoms with Gasteiger partial charge in [-0.05, 0) is 143 Å². The summed E-state index contributed by atoms with van der Waals surface area (Å²) in [4.78, 5) is 0. The average Bonchev–Trinajstić information content (AvgIpc) is 3.83. The van der Waals surface area contributed by atoms with E-state index >= 15 is 0 Å². The van der Waals surface area contributed by atoms with Crippen molar-refractivity contribution in [3.05, 3.63) is 70.8 Å². The van der Waals surface area contributed by atoms with Gasteiger partial charge in [-0.25, -0.2) is 0 Å². The van der Waals surface area contributed by atoms with Crippen LogP contribution < -0.4 is 10.9 Å². The van der Waals surface area contributed by atoms with Gasteiger partial charge < -0.3 is 19.1 Å². The van der Waals surface area contributed by atoms with Crippen LogP contribution in [0.4, 0.5) is 0 Å². The van der Waals surface area contributed by atoms with Crippen LogP contribution in [-0.2, 0) is 24.8 Å². The fourth-order valence-electron chi connectivity index (χ4n) is 12.4. The molecule has 1 fully saturated rings. The van der Waals surface area contributed by atoms with E-state index < -0.39 is 22.4 Å². The number of hydrogen-bond donors (Lipinski definition) is 1. The number of rotatable bonds is 33. The van der Waals surface area contributed by atoms with Crippen LogP contribution in [0.3, 0.4) is 0 Å². The Kier molecular flexibility index (Phi) is 20.5. The summed E-state index contributed by atoms with van der Waals surface area (Å²) in [5.41, 5.74) is 11.9. The molecule has 1 saturated heterocycles. The van der Waals surface area contributed by atoms with Crippen LogP contribution in [0, 0.1) is 0 Å². The standard InChI is InChI=1S/C64H102B2O4/c1-13-17-21-25-29-33-41-63(42-34-30-26-22-18-14-2)55-45-49(65-68-60(7,8)59(5,6)67)37-39-51(55)53-47-58-54(48-57(53)63)52-40-38-50(66-69-61(9,10)62(11,12)70-66)46-56(52)64(58,43-35-31-27-23-19-15-3)44-36-32-28-24-20-16-4/h37-40,45-48,65,67H,13-36,41-44H2,1-12H3. The molecule has 388 valence electrons. The van der Waals surface area contributed by atoms with Crippen molar-refractivity contribution in [2.75, 3.05) is 0 Å². The molecule has 1 aliphatic heterocycles. The summed E-state index contributed by atoms with van der Waals surface area (Å²) in [6.45, 7) is 25.9. The molecule has 2 aliphatic carbocycles. The summed E-state index contributed by atoms with van der Waals surface area (Å²) < 4.78 is 20.3. The first-order valence-electron chi connectivity index (χ1n) is 29.6. The summed E-state index contributed by atoms with van der Waals surface area (Å²) in [5, 5.41) is 11.1. The molecule has 0 radical (unpaired) electrons. The molecule has 0 spiro atoms. The van der Waals surface area contributed by atoms with Gasteiger partial charge in [0.25, 0.3) is 0 Å². The third-order valence-corrected chi connectivity index (χ3v) is 18.4. The molecular formula is C64H102B2O4. The molecule has 1 N–H and O–H groups in total. The van der Waals surface area contributed by atoms with Crippen molar-refractivity contribution in [2.24, 2.45) is 0 Å². The second-order valence-electron chi connectivity index (χ2n) is 24.8. The van der Waals surface area contributed by atoms with Gasteiger partial charge in [0.05, 0.1) is 22.4 Å². The molecule has 0 aromatic heterocycles.